The molecular weight excluding hydrogens is 763 g/mol. The average Bonchev–Trinajstić information content (AvgIpc) is 3.22. The molecule has 2 atom stereocenters. The Bertz CT molecular complexity index is 1180. The molecule has 0 fully saturated rings. The molecule has 0 aliphatic carbocycles. The summed E-state index contributed by atoms with van der Waals surface area (Å²) in [6, 6.07) is -0.731. The Morgan fingerprint density at radius 1 is 0.508 bits per heavy atom. The zero-order valence-electron chi connectivity index (χ0n) is 40.1. The summed E-state index contributed by atoms with van der Waals surface area (Å²) in [5.74, 6) is -1.76. The van der Waals surface area contributed by atoms with Crippen molar-refractivity contribution < 1.29 is 38.2 Å². The molecule has 0 saturated carbocycles. The zero-order valence-corrected chi connectivity index (χ0v) is 40.1. The summed E-state index contributed by atoms with van der Waals surface area (Å²) in [5, 5.41) is 11.6. The minimum absolute atomic E-state index is 0.0326. The number of unbranched alkanes of at least 4 members (excludes halogenated alkanes) is 21. The SMILES string of the molecule is CCCCC/C=C/C=C/CCCCCCCCC(=O)OC(COCCC(C(=O)[O-])[N+](C)(C)C)COC(=O)CCCCCCCCCCC/C=C/C/C=C/C/C=C/CCCCC. The number of allylic oxidation sites excluding steroid dienone is 10. The lowest BCUT2D eigenvalue weighted by molar-refractivity contribution is -0.889. The molecule has 0 heterocycles. The van der Waals surface area contributed by atoms with Crippen molar-refractivity contribution in [2.24, 2.45) is 0 Å². The fourth-order valence-electron chi connectivity index (χ4n) is 7.01. The Labute approximate surface area is 375 Å². The second-order valence-corrected chi connectivity index (χ2v) is 17.7. The summed E-state index contributed by atoms with van der Waals surface area (Å²) in [4.78, 5) is 37.0. The molecule has 0 aromatic heterocycles. The quantitative estimate of drug-likeness (QED) is 0.0198. The van der Waals surface area contributed by atoms with Crippen LogP contribution >= 0.6 is 0 Å². The number of carbonyl (C=O) groups is 3. The number of nitrogens with zero attached hydrogens (tertiary/aromatic N) is 1. The summed E-state index contributed by atoms with van der Waals surface area (Å²) in [7, 11) is 5.40. The molecule has 0 radical (unpaired) electrons. The lowest BCUT2D eigenvalue weighted by Crippen LogP contribution is -2.55. The Morgan fingerprint density at radius 2 is 0.918 bits per heavy atom. The number of carbonyl (C=O) groups excluding carboxylic acids is 3. The molecule has 0 rings (SSSR count). The monoisotopic (exact) mass is 856 g/mol. The first-order chi connectivity index (χ1) is 29.6. The van der Waals surface area contributed by atoms with Gasteiger partial charge in [-0.2, -0.15) is 0 Å². The Morgan fingerprint density at radius 3 is 1.38 bits per heavy atom. The molecule has 0 aromatic rings. The van der Waals surface area contributed by atoms with Crippen LogP contribution in [0.1, 0.15) is 206 Å². The van der Waals surface area contributed by atoms with Gasteiger partial charge in [0.25, 0.3) is 0 Å². The normalized spacial score (nSPS) is 13.4. The number of likely N-dealkylation sites (N-methyl/N-ethyl adjacent to an activating group) is 1. The number of hydrogen-bond acceptors (Lipinski definition) is 7. The van der Waals surface area contributed by atoms with Gasteiger partial charge in [-0.05, 0) is 77.0 Å². The van der Waals surface area contributed by atoms with Gasteiger partial charge in [-0.3, -0.25) is 9.59 Å². The third-order valence-corrected chi connectivity index (χ3v) is 10.9. The van der Waals surface area contributed by atoms with Crippen LogP contribution < -0.4 is 5.11 Å². The smallest absolute Gasteiger partial charge is 0.306 e. The number of aliphatic carboxylic acids is 1. The third kappa shape index (κ3) is 42.1. The lowest BCUT2D eigenvalue weighted by Gasteiger charge is -2.34. The van der Waals surface area contributed by atoms with E-state index in [1.54, 1.807) is 21.1 Å². The van der Waals surface area contributed by atoms with Gasteiger partial charge in [0.05, 0.1) is 40.3 Å². The highest BCUT2D eigenvalue weighted by molar-refractivity contribution is 5.70. The second-order valence-electron chi connectivity index (χ2n) is 17.7. The predicted octanol–water partition coefficient (Wildman–Crippen LogP) is 12.8. The predicted molar refractivity (Wildman–Crippen MR) is 254 cm³/mol. The van der Waals surface area contributed by atoms with Crippen molar-refractivity contribution in [1.29, 1.82) is 0 Å². The first-order valence-electron chi connectivity index (χ1n) is 24.8. The Kier molecular flexibility index (Phi) is 41.5. The fourth-order valence-corrected chi connectivity index (χ4v) is 7.01. The van der Waals surface area contributed by atoms with Gasteiger partial charge < -0.3 is 28.6 Å². The standard InChI is InChI=1S/C53H93NO7/c1-6-8-10-12-14-16-18-20-22-23-24-25-26-27-28-30-31-33-35-37-39-41-43-51(55)60-48-49(47-59-46-45-50(53(57)58)54(3,4)5)61-52(56)44-42-40-38-36-34-32-29-21-19-17-15-13-11-9-7-2/h14-17,19-22,24-25,49-50H,6-13,18,23,26-48H2,1-5H3/b16-14+,17-15+,21-19+,22-20+,25-24+. The van der Waals surface area contributed by atoms with E-state index in [9.17, 15) is 19.5 Å². The summed E-state index contributed by atoms with van der Waals surface area (Å²) >= 11 is 0. The topological polar surface area (TPSA) is 102 Å². The van der Waals surface area contributed by atoms with Gasteiger partial charge in [-0.25, -0.2) is 0 Å². The van der Waals surface area contributed by atoms with Crippen LogP contribution in [0.15, 0.2) is 60.8 Å². The second kappa shape index (κ2) is 43.7. The fraction of sp³-hybridized carbons (Fsp3) is 0.755. The average molecular weight is 856 g/mol. The summed E-state index contributed by atoms with van der Waals surface area (Å²) in [6.45, 7) is 4.59. The molecule has 61 heavy (non-hydrogen) atoms. The van der Waals surface area contributed by atoms with Gasteiger partial charge in [0.2, 0.25) is 0 Å². The van der Waals surface area contributed by atoms with E-state index in [1.165, 1.54) is 96.3 Å². The van der Waals surface area contributed by atoms with E-state index in [1.807, 2.05) is 0 Å². The molecule has 8 nitrogen and oxygen atoms in total. The Balaban J connectivity index is 4.27. The van der Waals surface area contributed by atoms with Crippen LogP contribution in [0.25, 0.3) is 0 Å². The lowest BCUT2D eigenvalue weighted by atomic mass is 10.1. The highest BCUT2D eigenvalue weighted by atomic mass is 16.6. The molecule has 352 valence electrons. The molecule has 0 aliphatic rings. The first kappa shape index (κ1) is 58.0. The number of rotatable bonds is 44. The van der Waals surface area contributed by atoms with Crippen molar-refractivity contribution in [3.63, 3.8) is 0 Å². The largest absolute Gasteiger partial charge is 0.544 e. The minimum atomic E-state index is -1.13. The van der Waals surface area contributed by atoms with Crippen molar-refractivity contribution in [3.05, 3.63) is 60.8 Å². The van der Waals surface area contributed by atoms with Crippen LogP contribution in [0, 0.1) is 0 Å². The van der Waals surface area contributed by atoms with E-state index in [0.29, 0.717) is 12.8 Å². The van der Waals surface area contributed by atoms with Crippen molar-refractivity contribution in [2.75, 3.05) is 41.0 Å². The zero-order chi connectivity index (χ0) is 44.9. The Hall–Kier alpha value is -2.97. The summed E-state index contributed by atoms with van der Waals surface area (Å²) in [5.41, 5.74) is 0. The molecule has 0 amide bonds. The van der Waals surface area contributed by atoms with Crippen LogP contribution in [-0.4, -0.2) is 75.5 Å². The molecular formula is C53H93NO7. The molecule has 8 heteroatoms. The maximum Gasteiger partial charge on any atom is 0.306 e. The summed E-state index contributed by atoms with van der Waals surface area (Å²) < 4.78 is 17.2. The maximum atomic E-state index is 12.7. The number of hydrogen-bond donors (Lipinski definition) is 0. The third-order valence-electron chi connectivity index (χ3n) is 10.9. The van der Waals surface area contributed by atoms with E-state index in [0.717, 1.165) is 77.0 Å². The van der Waals surface area contributed by atoms with Gasteiger partial charge in [-0.15, -0.1) is 0 Å². The number of carboxylic acids is 1. The van der Waals surface area contributed by atoms with Crippen molar-refractivity contribution in [2.45, 2.75) is 219 Å². The van der Waals surface area contributed by atoms with Gasteiger partial charge in [-0.1, -0.05) is 171 Å². The van der Waals surface area contributed by atoms with Gasteiger partial charge >= 0.3 is 11.9 Å². The van der Waals surface area contributed by atoms with Gasteiger partial charge in [0, 0.05) is 19.3 Å². The molecule has 0 saturated heterocycles. The van der Waals surface area contributed by atoms with Crippen molar-refractivity contribution >= 4 is 17.9 Å². The van der Waals surface area contributed by atoms with E-state index >= 15 is 0 Å². The van der Waals surface area contributed by atoms with Crippen LogP contribution in [0.3, 0.4) is 0 Å². The maximum absolute atomic E-state index is 12.7. The molecule has 0 spiro atoms. The molecule has 0 N–H and O–H groups in total. The number of esters is 2. The summed E-state index contributed by atoms with van der Waals surface area (Å²) in [6.07, 6.45) is 53.8. The minimum Gasteiger partial charge on any atom is -0.544 e. The highest BCUT2D eigenvalue weighted by Crippen LogP contribution is 2.14. The van der Waals surface area contributed by atoms with Crippen molar-refractivity contribution in [3.8, 4) is 0 Å². The number of ether oxygens (including phenoxy) is 3. The number of quaternary nitrogens is 1. The van der Waals surface area contributed by atoms with E-state index < -0.39 is 18.1 Å². The first-order valence-corrected chi connectivity index (χ1v) is 24.8. The highest BCUT2D eigenvalue weighted by Gasteiger charge is 2.25. The van der Waals surface area contributed by atoms with E-state index in [2.05, 4.69) is 74.6 Å². The van der Waals surface area contributed by atoms with Crippen LogP contribution in [0.2, 0.25) is 0 Å². The van der Waals surface area contributed by atoms with E-state index in [4.69, 9.17) is 14.2 Å². The molecule has 0 aliphatic heterocycles. The van der Waals surface area contributed by atoms with Crippen LogP contribution in [0.4, 0.5) is 0 Å². The van der Waals surface area contributed by atoms with Crippen LogP contribution in [0.5, 0.6) is 0 Å². The number of carboxylic acid groups (broad SMARTS) is 1. The van der Waals surface area contributed by atoms with Gasteiger partial charge in [0.15, 0.2) is 6.10 Å². The van der Waals surface area contributed by atoms with Crippen LogP contribution in [-0.2, 0) is 28.6 Å². The molecule has 0 aromatic carbocycles. The van der Waals surface area contributed by atoms with Crippen molar-refractivity contribution in [1.82, 2.24) is 0 Å². The molecule has 0 bridgehead atoms. The molecule has 2 unspecified atom stereocenters. The van der Waals surface area contributed by atoms with Gasteiger partial charge in [0.1, 0.15) is 12.6 Å². The van der Waals surface area contributed by atoms with E-state index in [-0.39, 0.29) is 42.7 Å².